The molecule has 6 nitrogen and oxygen atoms in total. The number of aromatic nitrogens is 4. The lowest BCUT2D eigenvalue weighted by Gasteiger charge is -2.26. The van der Waals surface area contributed by atoms with Gasteiger partial charge in [-0.1, -0.05) is 32.1 Å². The van der Waals surface area contributed by atoms with Crippen molar-refractivity contribution in [3.63, 3.8) is 0 Å². The fraction of sp³-hybridized carbons (Fsp3) is 0.474. The van der Waals surface area contributed by atoms with Crippen molar-refractivity contribution in [2.75, 3.05) is 5.73 Å². The molecule has 1 saturated carbocycles. The standard InChI is InChI=1S/C19H23N5OS/c20-19-18-14(7-4-8-22-18)23-24(19)15(11-13-5-2-1-3-6-13)16(25)12-17-21-9-10-26-17/h4,7-10,13,15H,1-3,5-6,11-12,20H2. The second-order valence-electron chi connectivity index (χ2n) is 7.03. The number of nitrogen functional groups attached to an aromatic ring is 1. The van der Waals surface area contributed by atoms with Crippen molar-refractivity contribution in [1.82, 2.24) is 19.7 Å². The van der Waals surface area contributed by atoms with Crippen LogP contribution in [0.4, 0.5) is 5.82 Å². The van der Waals surface area contributed by atoms with Gasteiger partial charge in [0.05, 0.1) is 11.4 Å². The fourth-order valence-electron chi connectivity index (χ4n) is 3.90. The zero-order chi connectivity index (χ0) is 17.9. The number of thiazole rings is 1. The van der Waals surface area contributed by atoms with Crippen LogP contribution >= 0.6 is 11.3 Å². The Morgan fingerprint density at radius 2 is 2.12 bits per heavy atom. The number of hydrogen-bond donors (Lipinski definition) is 1. The molecule has 4 rings (SSSR count). The van der Waals surface area contributed by atoms with Gasteiger partial charge in [-0.15, -0.1) is 11.3 Å². The number of fused-ring (bicyclic) bond motifs is 1. The first kappa shape index (κ1) is 17.1. The van der Waals surface area contributed by atoms with Crippen molar-refractivity contribution in [2.24, 2.45) is 5.92 Å². The molecule has 3 aromatic rings. The molecular weight excluding hydrogens is 346 g/mol. The van der Waals surface area contributed by atoms with E-state index in [-0.39, 0.29) is 11.8 Å². The normalized spacial score (nSPS) is 16.8. The lowest BCUT2D eigenvalue weighted by Crippen LogP contribution is -2.26. The molecular formula is C19H23N5OS. The monoisotopic (exact) mass is 369 g/mol. The summed E-state index contributed by atoms with van der Waals surface area (Å²) in [6.45, 7) is 0. The van der Waals surface area contributed by atoms with Gasteiger partial charge in [0.25, 0.3) is 0 Å². The van der Waals surface area contributed by atoms with Gasteiger partial charge in [-0.3, -0.25) is 9.78 Å². The molecule has 0 saturated heterocycles. The van der Waals surface area contributed by atoms with E-state index in [1.807, 2.05) is 17.5 Å². The van der Waals surface area contributed by atoms with E-state index in [0.29, 0.717) is 23.7 Å². The molecule has 1 unspecified atom stereocenters. The van der Waals surface area contributed by atoms with Crippen LogP contribution in [0.25, 0.3) is 11.0 Å². The predicted octanol–water partition coefficient (Wildman–Crippen LogP) is 3.79. The smallest absolute Gasteiger partial charge is 0.164 e. The third kappa shape index (κ3) is 3.49. The molecule has 1 fully saturated rings. The predicted molar refractivity (Wildman–Crippen MR) is 103 cm³/mol. The lowest BCUT2D eigenvalue weighted by atomic mass is 9.83. The molecule has 1 atom stereocenters. The number of ketones is 1. The number of hydrogen-bond acceptors (Lipinski definition) is 6. The highest BCUT2D eigenvalue weighted by atomic mass is 32.1. The van der Waals surface area contributed by atoms with E-state index in [4.69, 9.17) is 5.73 Å². The largest absolute Gasteiger partial charge is 0.382 e. The minimum Gasteiger partial charge on any atom is -0.382 e. The molecule has 3 heterocycles. The average molecular weight is 369 g/mol. The van der Waals surface area contributed by atoms with Crippen LogP contribution in [-0.4, -0.2) is 25.5 Å². The Bertz CT molecular complexity index is 883. The minimum absolute atomic E-state index is 0.130. The van der Waals surface area contributed by atoms with Gasteiger partial charge in [-0.2, -0.15) is 5.10 Å². The van der Waals surface area contributed by atoms with E-state index in [2.05, 4.69) is 15.1 Å². The van der Waals surface area contributed by atoms with Gasteiger partial charge >= 0.3 is 0 Å². The number of carbonyl (C=O) groups is 1. The number of nitrogens with two attached hydrogens (primary N) is 1. The Kier molecular flexibility index (Phi) is 4.97. The highest BCUT2D eigenvalue weighted by Gasteiger charge is 2.29. The van der Waals surface area contributed by atoms with Crippen LogP contribution in [0, 0.1) is 5.92 Å². The summed E-state index contributed by atoms with van der Waals surface area (Å²) in [5.74, 6) is 1.16. The second-order valence-corrected chi connectivity index (χ2v) is 8.00. The SMILES string of the molecule is Nc1c2ncccc2nn1C(CC1CCCCC1)C(=O)Cc1nccs1. The Morgan fingerprint density at radius 3 is 2.85 bits per heavy atom. The summed E-state index contributed by atoms with van der Waals surface area (Å²) < 4.78 is 1.71. The highest BCUT2D eigenvalue weighted by Crippen LogP contribution is 2.33. The number of carbonyl (C=O) groups excluding carboxylic acids is 1. The summed E-state index contributed by atoms with van der Waals surface area (Å²) in [4.78, 5) is 21.7. The number of anilines is 1. The van der Waals surface area contributed by atoms with Crippen LogP contribution in [0.2, 0.25) is 0 Å². The molecule has 2 N–H and O–H groups in total. The number of Topliss-reactive ketones (excluding diaryl/α,β-unsaturated/α-hetero) is 1. The molecule has 0 spiro atoms. The van der Waals surface area contributed by atoms with E-state index in [1.165, 1.54) is 43.4 Å². The van der Waals surface area contributed by atoms with Gasteiger partial charge in [0.1, 0.15) is 22.9 Å². The van der Waals surface area contributed by atoms with Crippen LogP contribution in [0.5, 0.6) is 0 Å². The van der Waals surface area contributed by atoms with Crippen LogP contribution in [-0.2, 0) is 11.2 Å². The zero-order valence-electron chi connectivity index (χ0n) is 14.7. The second kappa shape index (κ2) is 7.53. The summed E-state index contributed by atoms with van der Waals surface area (Å²) in [6, 6.07) is 3.38. The van der Waals surface area contributed by atoms with E-state index in [0.717, 1.165) is 16.9 Å². The zero-order valence-corrected chi connectivity index (χ0v) is 15.5. The van der Waals surface area contributed by atoms with Gasteiger partial charge in [0.15, 0.2) is 5.78 Å². The van der Waals surface area contributed by atoms with Crippen molar-refractivity contribution in [3.8, 4) is 0 Å². The number of rotatable bonds is 6. The van der Waals surface area contributed by atoms with Crippen molar-refractivity contribution < 1.29 is 4.79 Å². The molecule has 0 aromatic carbocycles. The summed E-state index contributed by atoms with van der Waals surface area (Å²) in [5, 5.41) is 7.37. The van der Waals surface area contributed by atoms with Crippen LogP contribution < -0.4 is 5.73 Å². The van der Waals surface area contributed by atoms with E-state index in [1.54, 1.807) is 17.1 Å². The summed E-state index contributed by atoms with van der Waals surface area (Å²) in [5.41, 5.74) is 7.74. The average Bonchev–Trinajstić information content (AvgIpc) is 3.29. The first-order chi connectivity index (χ1) is 12.7. The molecule has 1 aliphatic rings. The quantitative estimate of drug-likeness (QED) is 0.714. The molecule has 7 heteroatoms. The molecule has 0 radical (unpaired) electrons. The third-order valence-electron chi connectivity index (χ3n) is 5.25. The maximum Gasteiger partial charge on any atom is 0.164 e. The fourth-order valence-corrected chi connectivity index (χ4v) is 4.53. The summed E-state index contributed by atoms with van der Waals surface area (Å²) in [7, 11) is 0. The highest BCUT2D eigenvalue weighted by molar-refractivity contribution is 7.09. The van der Waals surface area contributed by atoms with Gasteiger partial charge < -0.3 is 5.73 Å². The number of pyridine rings is 1. The molecule has 1 aliphatic carbocycles. The van der Waals surface area contributed by atoms with E-state index < -0.39 is 0 Å². The first-order valence-corrected chi connectivity index (χ1v) is 10.1. The molecule has 0 bridgehead atoms. The van der Waals surface area contributed by atoms with Crippen LogP contribution in [0.1, 0.15) is 49.6 Å². The summed E-state index contributed by atoms with van der Waals surface area (Å²) >= 11 is 1.51. The summed E-state index contributed by atoms with van der Waals surface area (Å²) in [6.07, 6.45) is 10.7. The van der Waals surface area contributed by atoms with Gasteiger partial charge in [0.2, 0.25) is 0 Å². The molecule has 3 aromatic heterocycles. The van der Waals surface area contributed by atoms with Crippen LogP contribution in [0.3, 0.4) is 0 Å². The van der Waals surface area contributed by atoms with E-state index in [9.17, 15) is 4.79 Å². The maximum atomic E-state index is 13.1. The molecule has 0 aliphatic heterocycles. The lowest BCUT2D eigenvalue weighted by molar-refractivity contribution is -0.122. The molecule has 136 valence electrons. The van der Waals surface area contributed by atoms with E-state index >= 15 is 0 Å². The first-order valence-electron chi connectivity index (χ1n) is 9.22. The van der Waals surface area contributed by atoms with Crippen molar-refractivity contribution in [2.45, 2.75) is 51.0 Å². The van der Waals surface area contributed by atoms with Gasteiger partial charge in [-0.05, 0) is 24.5 Å². The maximum absolute atomic E-state index is 13.1. The topological polar surface area (TPSA) is 86.7 Å². The molecule has 26 heavy (non-hydrogen) atoms. The molecule has 0 amide bonds. The third-order valence-corrected chi connectivity index (χ3v) is 6.03. The Balaban J connectivity index is 1.66. The van der Waals surface area contributed by atoms with Crippen LogP contribution in [0.15, 0.2) is 29.9 Å². The Morgan fingerprint density at radius 1 is 1.27 bits per heavy atom. The van der Waals surface area contributed by atoms with Gasteiger partial charge in [0, 0.05) is 17.8 Å². The van der Waals surface area contributed by atoms with Crippen molar-refractivity contribution in [1.29, 1.82) is 0 Å². The van der Waals surface area contributed by atoms with Crippen molar-refractivity contribution in [3.05, 3.63) is 34.9 Å². The van der Waals surface area contributed by atoms with Gasteiger partial charge in [-0.25, -0.2) is 9.67 Å². The van der Waals surface area contributed by atoms with Crippen molar-refractivity contribution >= 4 is 34.0 Å². The number of nitrogens with zero attached hydrogens (tertiary/aromatic N) is 4. The minimum atomic E-state index is -0.351. The Hall–Kier alpha value is -2.28. The Labute approximate surface area is 156 Å².